The summed E-state index contributed by atoms with van der Waals surface area (Å²) >= 11 is 0. The van der Waals surface area contributed by atoms with Crippen molar-refractivity contribution in [1.29, 1.82) is 0 Å². The molecule has 11 rings (SSSR count). The zero-order chi connectivity index (χ0) is 38.4. The van der Waals surface area contributed by atoms with Gasteiger partial charge in [-0.2, -0.15) is 0 Å². The number of anilines is 3. The van der Waals surface area contributed by atoms with Crippen molar-refractivity contribution >= 4 is 60.4 Å². The Morgan fingerprint density at radius 2 is 0.810 bits per heavy atom. The number of hydrogen-bond donors (Lipinski definition) is 0. The molecular weight excluding hydrogens is 701 g/mol. The van der Waals surface area contributed by atoms with Crippen molar-refractivity contribution in [1.82, 2.24) is 4.57 Å². The molecule has 1 aromatic heterocycles. The highest BCUT2D eigenvalue weighted by Crippen LogP contribution is 2.46. The van der Waals surface area contributed by atoms with Crippen molar-refractivity contribution in [2.45, 2.75) is 0 Å². The van der Waals surface area contributed by atoms with Crippen LogP contribution in [0.15, 0.2) is 231 Å². The van der Waals surface area contributed by atoms with Crippen molar-refractivity contribution in [3.05, 3.63) is 231 Å². The lowest BCUT2D eigenvalue weighted by atomic mass is 9.95. The molecule has 1 heterocycles. The van der Waals surface area contributed by atoms with Crippen LogP contribution in [0.3, 0.4) is 0 Å². The minimum atomic E-state index is 1.10. The van der Waals surface area contributed by atoms with Gasteiger partial charge in [-0.3, -0.25) is 0 Å². The largest absolute Gasteiger partial charge is 0.310 e. The molecule has 0 bridgehead atoms. The van der Waals surface area contributed by atoms with Crippen LogP contribution in [0.5, 0.6) is 0 Å². The molecule has 2 nitrogen and oxygen atoms in total. The predicted molar refractivity (Wildman–Crippen MR) is 247 cm³/mol. The molecule has 0 radical (unpaired) electrons. The van der Waals surface area contributed by atoms with Crippen LogP contribution in [0, 0.1) is 0 Å². The zero-order valence-corrected chi connectivity index (χ0v) is 31.8. The summed E-state index contributed by atoms with van der Waals surface area (Å²) in [5, 5.41) is 7.32. The molecule has 0 N–H and O–H groups in total. The highest BCUT2D eigenvalue weighted by molar-refractivity contribution is 6.24. The highest BCUT2D eigenvalue weighted by Gasteiger charge is 2.22. The minimum absolute atomic E-state index is 1.10. The van der Waals surface area contributed by atoms with Gasteiger partial charge in [0.2, 0.25) is 0 Å². The maximum absolute atomic E-state index is 2.48. The van der Waals surface area contributed by atoms with Gasteiger partial charge >= 0.3 is 0 Å². The van der Waals surface area contributed by atoms with Gasteiger partial charge in [-0.25, -0.2) is 0 Å². The molecule has 0 unspecified atom stereocenters. The van der Waals surface area contributed by atoms with Crippen LogP contribution in [-0.2, 0) is 0 Å². The molecule has 0 saturated carbocycles. The molecule has 0 aliphatic heterocycles. The summed E-state index contributed by atoms with van der Waals surface area (Å²) in [5.74, 6) is 0. The van der Waals surface area contributed by atoms with Crippen LogP contribution in [0.25, 0.3) is 82.4 Å². The number of benzene rings is 10. The number of rotatable bonds is 7. The van der Waals surface area contributed by atoms with E-state index in [1.165, 1.54) is 71.2 Å². The van der Waals surface area contributed by atoms with Gasteiger partial charge in [-0.15, -0.1) is 0 Å². The average molecular weight is 739 g/mol. The molecule has 2 heteroatoms. The van der Waals surface area contributed by atoms with E-state index in [4.69, 9.17) is 0 Å². The van der Waals surface area contributed by atoms with Crippen LogP contribution in [0.1, 0.15) is 0 Å². The zero-order valence-electron chi connectivity index (χ0n) is 31.8. The third-order valence-corrected chi connectivity index (χ3v) is 11.5. The highest BCUT2D eigenvalue weighted by atomic mass is 15.1. The van der Waals surface area contributed by atoms with Gasteiger partial charge < -0.3 is 9.47 Å². The van der Waals surface area contributed by atoms with Gasteiger partial charge in [0.25, 0.3) is 0 Å². The van der Waals surface area contributed by atoms with Crippen molar-refractivity contribution in [3.63, 3.8) is 0 Å². The summed E-state index contributed by atoms with van der Waals surface area (Å²) in [6, 6.07) is 83.7. The molecule has 0 aliphatic rings. The van der Waals surface area contributed by atoms with Gasteiger partial charge in [0.1, 0.15) is 0 Å². The quantitative estimate of drug-likeness (QED) is 0.158. The first-order chi connectivity index (χ1) is 28.8. The Morgan fingerprint density at radius 1 is 0.310 bits per heavy atom. The summed E-state index contributed by atoms with van der Waals surface area (Å²) in [5.41, 5.74) is 14.0. The van der Waals surface area contributed by atoms with E-state index in [0.29, 0.717) is 0 Å². The maximum Gasteiger partial charge on any atom is 0.0625 e. The Labute approximate surface area is 338 Å². The van der Waals surface area contributed by atoms with Crippen LogP contribution in [0.4, 0.5) is 17.1 Å². The van der Waals surface area contributed by atoms with E-state index in [0.717, 1.165) is 28.3 Å². The fourth-order valence-corrected chi connectivity index (χ4v) is 8.76. The molecule has 58 heavy (non-hydrogen) atoms. The fraction of sp³-hybridized carbons (Fsp3) is 0. The predicted octanol–water partition coefficient (Wildman–Crippen LogP) is 15.6. The maximum atomic E-state index is 2.48. The molecule has 0 spiro atoms. The van der Waals surface area contributed by atoms with Crippen molar-refractivity contribution < 1.29 is 0 Å². The summed E-state index contributed by atoms with van der Waals surface area (Å²) in [7, 11) is 0. The lowest BCUT2D eigenvalue weighted by Crippen LogP contribution is -2.10. The topological polar surface area (TPSA) is 8.17 Å². The van der Waals surface area contributed by atoms with Gasteiger partial charge in [0.05, 0.1) is 11.0 Å². The Kier molecular flexibility index (Phi) is 8.19. The fourth-order valence-electron chi connectivity index (χ4n) is 8.76. The molecule has 0 saturated heterocycles. The second-order valence-corrected chi connectivity index (χ2v) is 15.0. The van der Waals surface area contributed by atoms with E-state index in [-0.39, 0.29) is 0 Å². The Balaban J connectivity index is 1.18. The van der Waals surface area contributed by atoms with Gasteiger partial charge in [-0.05, 0) is 110 Å². The van der Waals surface area contributed by atoms with E-state index < -0.39 is 0 Å². The number of hydrogen-bond acceptors (Lipinski definition) is 1. The summed E-state index contributed by atoms with van der Waals surface area (Å²) in [6.07, 6.45) is 0. The average Bonchev–Trinajstić information content (AvgIpc) is 3.65. The molecule has 0 aliphatic carbocycles. The summed E-state index contributed by atoms with van der Waals surface area (Å²) in [6.45, 7) is 0. The lowest BCUT2D eigenvalue weighted by Gasteiger charge is -2.26. The third-order valence-electron chi connectivity index (χ3n) is 11.5. The van der Waals surface area contributed by atoms with Crippen LogP contribution < -0.4 is 4.90 Å². The number of nitrogens with zero attached hydrogens (tertiary/aromatic N) is 2. The summed E-state index contributed by atoms with van der Waals surface area (Å²) < 4.78 is 2.48. The van der Waals surface area contributed by atoms with Gasteiger partial charge in [-0.1, -0.05) is 170 Å². The Bertz CT molecular complexity index is 3240. The van der Waals surface area contributed by atoms with Crippen LogP contribution in [-0.4, -0.2) is 4.57 Å². The second-order valence-electron chi connectivity index (χ2n) is 15.0. The van der Waals surface area contributed by atoms with Crippen molar-refractivity contribution in [2.75, 3.05) is 4.90 Å². The monoisotopic (exact) mass is 738 g/mol. The standard InChI is InChI=1S/C56H38N2/c1-4-14-39(15-5-1)42-24-29-47(30-25-42)57(49-33-28-41-18-10-11-21-45(41)36-49)50-34-35-54-53(38-50)55-52(44-19-8-3-9-20-44)37-46-22-12-13-23-51(46)56(55)58(54)48-31-26-43(27-32-48)40-16-6-2-7-17-40/h1-38H. The SMILES string of the molecule is c1ccc(-c2ccc(N(c3ccc4ccccc4c3)c3ccc4c(c3)c3c(-c5ccccc5)cc5ccccc5c3n4-c3ccc(-c4ccccc4)cc3)cc2)cc1. The van der Waals surface area contributed by atoms with Crippen LogP contribution >= 0.6 is 0 Å². The van der Waals surface area contributed by atoms with E-state index in [1.807, 2.05) is 0 Å². The molecule has 0 atom stereocenters. The smallest absolute Gasteiger partial charge is 0.0625 e. The normalized spacial score (nSPS) is 11.4. The van der Waals surface area contributed by atoms with Crippen molar-refractivity contribution in [3.8, 4) is 39.1 Å². The van der Waals surface area contributed by atoms with Crippen LogP contribution in [0.2, 0.25) is 0 Å². The second kappa shape index (κ2) is 14.1. The Hall–Kier alpha value is -7.68. The van der Waals surface area contributed by atoms with E-state index in [2.05, 4.69) is 240 Å². The Morgan fingerprint density at radius 3 is 1.48 bits per heavy atom. The molecule has 11 aromatic rings. The van der Waals surface area contributed by atoms with Gasteiger partial charge in [0, 0.05) is 38.9 Å². The van der Waals surface area contributed by atoms with E-state index >= 15 is 0 Å². The molecule has 0 amide bonds. The third kappa shape index (κ3) is 5.82. The van der Waals surface area contributed by atoms with Crippen molar-refractivity contribution in [2.24, 2.45) is 0 Å². The van der Waals surface area contributed by atoms with E-state index in [9.17, 15) is 0 Å². The molecular formula is C56H38N2. The first-order valence-electron chi connectivity index (χ1n) is 19.9. The number of aromatic nitrogens is 1. The first kappa shape index (κ1) is 33.6. The minimum Gasteiger partial charge on any atom is -0.310 e. The van der Waals surface area contributed by atoms with Gasteiger partial charge in [0.15, 0.2) is 0 Å². The first-order valence-corrected chi connectivity index (χ1v) is 19.9. The summed E-state index contributed by atoms with van der Waals surface area (Å²) in [4.78, 5) is 2.40. The molecule has 10 aromatic carbocycles. The molecule has 0 fully saturated rings. The van der Waals surface area contributed by atoms with E-state index in [1.54, 1.807) is 0 Å². The molecule has 272 valence electrons. The lowest BCUT2D eigenvalue weighted by molar-refractivity contribution is 1.18. The number of fused-ring (bicyclic) bond motifs is 6.